The molecule has 0 unspecified atom stereocenters. The van der Waals surface area contributed by atoms with Gasteiger partial charge in [0.2, 0.25) is 5.95 Å². The van der Waals surface area contributed by atoms with Crippen molar-refractivity contribution < 1.29 is 4.74 Å². The standard InChI is InChI=1S/C17H25N3O/c1-2-12-21-15-9-5-8-14-16(15)19-17(18)20(14)11-10-13-6-3-4-7-13/h5,8-9,13H,2-4,6-7,10-12H2,1H3,(H2,18,19). The number of benzene rings is 1. The summed E-state index contributed by atoms with van der Waals surface area (Å²) in [6.45, 7) is 3.78. The molecule has 1 fully saturated rings. The van der Waals surface area contributed by atoms with E-state index in [1.807, 2.05) is 12.1 Å². The van der Waals surface area contributed by atoms with E-state index in [1.165, 1.54) is 32.1 Å². The van der Waals surface area contributed by atoms with Crippen molar-refractivity contribution in [1.29, 1.82) is 0 Å². The van der Waals surface area contributed by atoms with Gasteiger partial charge in [-0.05, 0) is 30.9 Å². The van der Waals surface area contributed by atoms with Crippen LogP contribution >= 0.6 is 0 Å². The van der Waals surface area contributed by atoms with Gasteiger partial charge in [0, 0.05) is 6.54 Å². The predicted octanol–water partition coefficient (Wildman–Crippen LogP) is 3.99. The molecule has 0 spiro atoms. The minimum Gasteiger partial charge on any atom is -0.491 e. The molecule has 2 N–H and O–H groups in total. The van der Waals surface area contributed by atoms with Gasteiger partial charge in [-0.15, -0.1) is 0 Å². The van der Waals surface area contributed by atoms with E-state index >= 15 is 0 Å². The third-order valence-electron chi connectivity index (χ3n) is 4.47. The maximum atomic E-state index is 6.13. The van der Waals surface area contributed by atoms with Gasteiger partial charge in [0.1, 0.15) is 11.3 Å². The molecule has 114 valence electrons. The zero-order valence-corrected chi connectivity index (χ0v) is 12.8. The van der Waals surface area contributed by atoms with Crippen LogP contribution in [0.3, 0.4) is 0 Å². The lowest BCUT2D eigenvalue weighted by atomic mass is 10.0. The fourth-order valence-corrected chi connectivity index (χ4v) is 3.31. The minimum absolute atomic E-state index is 0.607. The molecule has 4 heteroatoms. The fourth-order valence-electron chi connectivity index (χ4n) is 3.31. The Morgan fingerprint density at radius 1 is 1.33 bits per heavy atom. The van der Waals surface area contributed by atoms with Crippen molar-refractivity contribution in [2.24, 2.45) is 5.92 Å². The Morgan fingerprint density at radius 2 is 2.14 bits per heavy atom. The van der Waals surface area contributed by atoms with Crippen LogP contribution in [-0.2, 0) is 6.54 Å². The number of hydrogen-bond donors (Lipinski definition) is 1. The summed E-state index contributed by atoms with van der Waals surface area (Å²) in [6, 6.07) is 6.10. The fraction of sp³-hybridized carbons (Fsp3) is 0.588. The smallest absolute Gasteiger partial charge is 0.201 e. The van der Waals surface area contributed by atoms with Gasteiger partial charge in [-0.25, -0.2) is 4.98 Å². The highest BCUT2D eigenvalue weighted by molar-refractivity contribution is 5.84. The molecule has 0 atom stereocenters. The zero-order valence-electron chi connectivity index (χ0n) is 12.8. The molecule has 1 aromatic heterocycles. The number of fused-ring (bicyclic) bond motifs is 1. The van der Waals surface area contributed by atoms with Crippen LogP contribution in [0.2, 0.25) is 0 Å². The van der Waals surface area contributed by atoms with E-state index < -0.39 is 0 Å². The Labute approximate surface area is 126 Å². The van der Waals surface area contributed by atoms with Gasteiger partial charge >= 0.3 is 0 Å². The molecule has 3 rings (SSSR count). The third kappa shape index (κ3) is 2.99. The van der Waals surface area contributed by atoms with Crippen molar-refractivity contribution in [2.45, 2.75) is 52.0 Å². The van der Waals surface area contributed by atoms with Crippen molar-refractivity contribution in [3.63, 3.8) is 0 Å². The second kappa shape index (κ2) is 6.37. The Balaban J connectivity index is 1.82. The summed E-state index contributed by atoms with van der Waals surface area (Å²) >= 11 is 0. The molecular weight excluding hydrogens is 262 g/mol. The number of nitrogen functional groups attached to an aromatic ring is 1. The Hall–Kier alpha value is -1.71. The molecule has 0 amide bonds. The summed E-state index contributed by atoms with van der Waals surface area (Å²) in [6.07, 6.45) is 7.72. The average Bonchev–Trinajstić information content (AvgIpc) is 3.10. The number of hydrogen-bond acceptors (Lipinski definition) is 3. The van der Waals surface area contributed by atoms with Crippen LogP contribution < -0.4 is 10.5 Å². The molecule has 21 heavy (non-hydrogen) atoms. The van der Waals surface area contributed by atoms with Crippen LogP contribution in [0, 0.1) is 5.92 Å². The first-order chi connectivity index (χ1) is 10.3. The van der Waals surface area contributed by atoms with Crippen LogP contribution in [0.5, 0.6) is 5.75 Å². The number of aromatic nitrogens is 2. The van der Waals surface area contributed by atoms with Gasteiger partial charge in [0.25, 0.3) is 0 Å². The first kappa shape index (κ1) is 14.2. The predicted molar refractivity (Wildman–Crippen MR) is 86.5 cm³/mol. The number of ether oxygens (including phenoxy) is 1. The van der Waals surface area contributed by atoms with Crippen LogP contribution in [0.15, 0.2) is 18.2 Å². The molecule has 0 bridgehead atoms. The van der Waals surface area contributed by atoms with Gasteiger partial charge < -0.3 is 15.0 Å². The monoisotopic (exact) mass is 287 g/mol. The van der Waals surface area contributed by atoms with Crippen LogP contribution in [0.25, 0.3) is 11.0 Å². The number of anilines is 1. The highest BCUT2D eigenvalue weighted by Gasteiger charge is 2.17. The number of imidazole rings is 1. The van der Waals surface area contributed by atoms with Gasteiger partial charge in [-0.1, -0.05) is 38.7 Å². The first-order valence-corrected chi connectivity index (χ1v) is 8.17. The lowest BCUT2D eigenvalue weighted by Gasteiger charge is -2.11. The van der Waals surface area contributed by atoms with Crippen molar-refractivity contribution in [1.82, 2.24) is 9.55 Å². The van der Waals surface area contributed by atoms with E-state index in [-0.39, 0.29) is 0 Å². The maximum absolute atomic E-state index is 6.13. The number of nitrogens with zero attached hydrogens (tertiary/aromatic N) is 2. The van der Waals surface area contributed by atoms with Crippen LogP contribution in [0.1, 0.15) is 45.4 Å². The van der Waals surface area contributed by atoms with Crippen LogP contribution in [0.4, 0.5) is 5.95 Å². The highest BCUT2D eigenvalue weighted by Crippen LogP contribution is 2.31. The number of rotatable bonds is 6. The van der Waals surface area contributed by atoms with Crippen molar-refractivity contribution in [2.75, 3.05) is 12.3 Å². The lowest BCUT2D eigenvalue weighted by molar-refractivity contribution is 0.320. The van der Waals surface area contributed by atoms with Crippen molar-refractivity contribution >= 4 is 17.0 Å². The molecular formula is C17H25N3O. The average molecular weight is 287 g/mol. The molecule has 1 aliphatic carbocycles. The minimum atomic E-state index is 0.607. The maximum Gasteiger partial charge on any atom is 0.201 e. The summed E-state index contributed by atoms with van der Waals surface area (Å²) in [5, 5.41) is 0. The van der Waals surface area contributed by atoms with Gasteiger partial charge in [-0.2, -0.15) is 0 Å². The normalized spacial score (nSPS) is 15.9. The van der Waals surface area contributed by atoms with E-state index in [0.29, 0.717) is 12.6 Å². The summed E-state index contributed by atoms with van der Waals surface area (Å²) < 4.78 is 7.93. The summed E-state index contributed by atoms with van der Waals surface area (Å²) in [5.41, 5.74) is 8.13. The van der Waals surface area contributed by atoms with Gasteiger partial charge in [-0.3, -0.25) is 0 Å². The number of nitrogens with two attached hydrogens (primary N) is 1. The van der Waals surface area contributed by atoms with Gasteiger partial charge in [0.15, 0.2) is 0 Å². The van der Waals surface area contributed by atoms with E-state index in [0.717, 1.165) is 35.7 Å². The zero-order chi connectivity index (χ0) is 14.7. The molecule has 4 nitrogen and oxygen atoms in total. The summed E-state index contributed by atoms with van der Waals surface area (Å²) in [7, 11) is 0. The molecule has 1 aromatic carbocycles. The van der Waals surface area contributed by atoms with E-state index in [9.17, 15) is 0 Å². The number of aryl methyl sites for hydroxylation is 1. The van der Waals surface area contributed by atoms with Crippen LogP contribution in [-0.4, -0.2) is 16.2 Å². The van der Waals surface area contributed by atoms with E-state index in [4.69, 9.17) is 10.5 Å². The number of para-hydroxylation sites is 1. The highest BCUT2D eigenvalue weighted by atomic mass is 16.5. The molecule has 2 aromatic rings. The largest absolute Gasteiger partial charge is 0.491 e. The summed E-state index contributed by atoms with van der Waals surface area (Å²) in [5.74, 6) is 2.32. The van der Waals surface area contributed by atoms with Crippen molar-refractivity contribution in [3.05, 3.63) is 18.2 Å². The first-order valence-electron chi connectivity index (χ1n) is 8.17. The molecule has 1 aliphatic rings. The quantitative estimate of drug-likeness (QED) is 0.874. The summed E-state index contributed by atoms with van der Waals surface area (Å²) in [4.78, 5) is 4.53. The van der Waals surface area contributed by atoms with E-state index in [2.05, 4.69) is 22.5 Å². The Bertz CT molecular complexity index is 599. The van der Waals surface area contributed by atoms with E-state index in [1.54, 1.807) is 0 Å². The topological polar surface area (TPSA) is 53.1 Å². The SMILES string of the molecule is CCCOc1cccc2c1nc(N)n2CCC1CCCC1. The Morgan fingerprint density at radius 3 is 2.90 bits per heavy atom. The second-order valence-corrected chi connectivity index (χ2v) is 6.03. The second-order valence-electron chi connectivity index (χ2n) is 6.03. The molecule has 0 radical (unpaired) electrons. The third-order valence-corrected chi connectivity index (χ3v) is 4.47. The Kier molecular flexibility index (Phi) is 4.32. The lowest BCUT2D eigenvalue weighted by Crippen LogP contribution is -2.06. The molecule has 0 aliphatic heterocycles. The van der Waals surface area contributed by atoms with Gasteiger partial charge in [0.05, 0.1) is 12.1 Å². The molecule has 1 heterocycles. The van der Waals surface area contributed by atoms with Crippen molar-refractivity contribution in [3.8, 4) is 5.75 Å². The molecule has 1 saturated carbocycles. The molecule has 0 saturated heterocycles.